The van der Waals surface area contributed by atoms with Crippen molar-refractivity contribution in [3.63, 3.8) is 0 Å². The molecule has 1 aliphatic heterocycles. The second-order valence-electron chi connectivity index (χ2n) is 4.88. The van der Waals surface area contributed by atoms with Crippen LogP contribution in [0.15, 0.2) is 78.6 Å². The third kappa shape index (κ3) is 3.06. The lowest BCUT2D eigenvalue weighted by Gasteiger charge is -2.23. The van der Waals surface area contributed by atoms with Gasteiger partial charge in [0.2, 0.25) is 6.29 Å². The number of allylic oxidation sites excluding steroid dienone is 1. The molecular weight excluding hydrogens is 260 g/mol. The Bertz CT molecular complexity index is 600. The Morgan fingerprint density at radius 2 is 1.52 bits per heavy atom. The van der Waals surface area contributed by atoms with Crippen molar-refractivity contribution in [2.24, 2.45) is 0 Å². The van der Waals surface area contributed by atoms with Crippen LogP contribution in [0, 0.1) is 0 Å². The Morgan fingerprint density at radius 3 is 2.05 bits per heavy atom. The van der Waals surface area contributed by atoms with Crippen LogP contribution in [0.2, 0.25) is 0 Å². The molecule has 2 heteroatoms. The van der Waals surface area contributed by atoms with Crippen LogP contribution in [0.1, 0.15) is 17.5 Å². The first-order valence-corrected chi connectivity index (χ1v) is 7.08. The standard InChI is InChI=1S/C19H18O2/c1-20-18-14-8-13-17(21-18)19(15-9-4-2-5-10-15)16-11-6-3-7-12-16/h2-12,14,18H,13H2,1H3. The Balaban J connectivity index is 2.11. The molecule has 2 nitrogen and oxygen atoms in total. The molecule has 1 aliphatic rings. The van der Waals surface area contributed by atoms with Crippen LogP contribution in [0.4, 0.5) is 0 Å². The summed E-state index contributed by atoms with van der Waals surface area (Å²) in [5.74, 6) is 0.946. The maximum Gasteiger partial charge on any atom is 0.219 e. The van der Waals surface area contributed by atoms with Crippen LogP contribution in [0.25, 0.3) is 5.57 Å². The number of methoxy groups -OCH3 is 1. The molecule has 0 radical (unpaired) electrons. The van der Waals surface area contributed by atoms with Crippen molar-refractivity contribution in [2.75, 3.05) is 7.11 Å². The van der Waals surface area contributed by atoms with Gasteiger partial charge in [0.1, 0.15) is 5.76 Å². The van der Waals surface area contributed by atoms with E-state index < -0.39 is 0 Å². The fourth-order valence-electron chi connectivity index (χ4n) is 2.50. The highest BCUT2D eigenvalue weighted by Crippen LogP contribution is 2.31. The molecule has 2 aromatic rings. The van der Waals surface area contributed by atoms with Crippen molar-refractivity contribution >= 4 is 5.57 Å². The van der Waals surface area contributed by atoms with Crippen molar-refractivity contribution in [3.8, 4) is 0 Å². The highest BCUT2D eigenvalue weighted by molar-refractivity contribution is 5.81. The van der Waals surface area contributed by atoms with Crippen molar-refractivity contribution in [3.05, 3.63) is 89.7 Å². The van der Waals surface area contributed by atoms with Gasteiger partial charge < -0.3 is 9.47 Å². The average Bonchev–Trinajstić information content (AvgIpc) is 2.57. The lowest BCUT2D eigenvalue weighted by Crippen LogP contribution is -2.16. The molecule has 1 unspecified atom stereocenters. The third-order valence-electron chi connectivity index (χ3n) is 3.49. The van der Waals surface area contributed by atoms with Gasteiger partial charge in [-0.15, -0.1) is 0 Å². The smallest absolute Gasteiger partial charge is 0.219 e. The van der Waals surface area contributed by atoms with E-state index in [9.17, 15) is 0 Å². The Kier molecular flexibility index (Phi) is 4.17. The topological polar surface area (TPSA) is 18.5 Å². The van der Waals surface area contributed by atoms with Gasteiger partial charge in [0, 0.05) is 19.1 Å². The summed E-state index contributed by atoms with van der Waals surface area (Å²) in [4.78, 5) is 0. The molecule has 2 aromatic carbocycles. The minimum Gasteiger partial charge on any atom is -0.465 e. The first kappa shape index (κ1) is 13.7. The molecule has 0 saturated heterocycles. The fraction of sp³-hybridized carbons (Fsp3) is 0.158. The first-order valence-electron chi connectivity index (χ1n) is 7.08. The SMILES string of the molecule is COC1C=CCC(=C(c2ccccc2)c2ccccc2)O1. The van der Waals surface area contributed by atoms with Gasteiger partial charge in [-0.2, -0.15) is 0 Å². The molecule has 1 atom stereocenters. The highest BCUT2D eigenvalue weighted by atomic mass is 16.7. The summed E-state index contributed by atoms with van der Waals surface area (Å²) in [6.07, 6.45) is 4.51. The molecule has 0 bridgehead atoms. The molecule has 0 fully saturated rings. The molecule has 0 aliphatic carbocycles. The summed E-state index contributed by atoms with van der Waals surface area (Å²) in [6, 6.07) is 20.7. The van der Waals surface area contributed by atoms with Gasteiger partial charge in [-0.25, -0.2) is 0 Å². The van der Waals surface area contributed by atoms with Crippen molar-refractivity contribution < 1.29 is 9.47 Å². The molecule has 0 amide bonds. The van der Waals surface area contributed by atoms with E-state index in [2.05, 4.69) is 30.3 Å². The zero-order chi connectivity index (χ0) is 14.5. The highest BCUT2D eigenvalue weighted by Gasteiger charge is 2.18. The van der Waals surface area contributed by atoms with E-state index in [1.54, 1.807) is 7.11 Å². The Morgan fingerprint density at radius 1 is 0.952 bits per heavy atom. The third-order valence-corrected chi connectivity index (χ3v) is 3.49. The predicted molar refractivity (Wildman–Crippen MR) is 84.5 cm³/mol. The van der Waals surface area contributed by atoms with Crippen LogP contribution in [-0.4, -0.2) is 13.4 Å². The lowest BCUT2D eigenvalue weighted by atomic mass is 9.95. The largest absolute Gasteiger partial charge is 0.465 e. The van der Waals surface area contributed by atoms with Crippen molar-refractivity contribution in [1.82, 2.24) is 0 Å². The number of rotatable bonds is 3. The number of hydrogen-bond acceptors (Lipinski definition) is 2. The van der Waals surface area contributed by atoms with Crippen LogP contribution >= 0.6 is 0 Å². The van der Waals surface area contributed by atoms with Gasteiger partial charge in [-0.3, -0.25) is 0 Å². The van der Waals surface area contributed by atoms with Crippen LogP contribution in [-0.2, 0) is 9.47 Å². The second-order valence-corrected chi connectivity index (χ2v) is 4.88. The first-order chi connectivity index (χ1) is 10.4. The molecule has 106 valence electrons. The summed E-state index contributed by atoms with van der Waals surface area (Å²) in [7, 11) is 1.66. The minimum atomic E-state index is -0.309. The Hall–Kier alpha value is -2.32. The summed E-state index contributed by atoms with van der Waals surface area (Å²) in [5.41, 5.74) is 3.44. The molecule has 0 saturated carbocycles. The van der Waals surface area contributed by atoms with Gasteiger partial charge in [-0.1, -0.05) is 66.7 Å². The lowest BCUT2D eigenvalue weighted by molar-refractivity contribution is -0.0637. The fourth-order valence-corrected chi connectivity index (χ4v) is 2.50. The van der Waals surface area contributed by atoms with Crippen molar-refractivity contribution in [2.45, 2.75) is 12.7 Å². The molecule has 3 rings (SSSR count). The maximum absolute atomic E-state index is 5.98. The quantitative estimate of drug-likeness (QED) is 0.775. The van der Waals surface area contributed by atoms with E-state index in [0.717, 1.165) is 28.9 Å². The summed E-state index contributed by atoms with van der Waals surface area (Å²) < 4.78 is 11.3. The summed E-state index contributed by atoms with van der Waals surface area (Å²) in [6.45, 7) is 0. The predicted octanol–water partition coefficient (Wildman–Crippen LogP) is 4.40. The number of hydrogen-bond donors (Lipinski definition) is 0. The van der Waals surface area contributed by atoms with E-state index in [1.807, 2.05) is 42.5 Å². The van der Waals surface area contributed by atoms with Gasteiger partial charge >= 0.3 is 0 Å². The second kappa shape index (κ2) is 6.42. The molecule has 1 heterocycles. The molecule has 0 spiro atoms. The van der Waals surface area contributed by atoms with E-state index in [0.29, 0.717) is 0 Å². The van der Waals surface area contributed by atoms with Gasteiger partial charge in [-0.05, 0) is 17.2 Å². The normalized spacial score (nSPS) is 17.4. The van der Waals surface area contributed by atoms with E-state index >= 15 is 0 Å². The zero-order valence-corrected chi connectivity index (χ0v) is 12.0. The molecule has 0 N–H and O–H groups in total. The van der Waals surface area contributed by atoms with Crippen LogP contribution < -0.4 is 0 Å². The average molecular weight is 278 g/mol. The van der Waals surface area contributed by atoms with E-state index in [1.165, 1.54) is 0 Å². The summed E-state index contributed by atoms with van der Waals surface area (Å²) >= 11 is 0. The number of benzene rings is 2. The van der Waals surface area contributed by atoms with Crippen molar-refractivity contribution in [1.29, 1.82) is 0 Å². The van der Waals surface area contributed by atoms with Gasteiger partial charge in [0.25, 0.3) is 0 Å². The maximum atomic E-state index is 5.98. The summed E-state index contributed by atoms with van der Waals surface area (Å²) in [5, 5.41) is 0. The number of ether oxygens (including phenoxy) is 2. The molecular formula is C19H18O2. The van der Waals surface area contributed by atoms with E-state index in [-0.39, 0.29) is 6.29 Å². The van der Waals surface area contributed by atoms with E-state index in [4.69, 9.17) is 9.47 Å². The van der Waals surface area contributed by atoms with Crippen LogP contribution in [0.5, 0.6) is 0 Å². The monoisotopic (exact) mass is 278 g/mol. The van der Waals surface area contributed by atoms with Gasteiger partial charge in [0.15, 0.2) is 0 Å². The minimum absolute atomic E-state index is 0.309. The Labute approximate surface area is 125 Å². The van der Waals surface area contributed by atoms with Gasteiger partial charge in [0.05, 0.1) is 0 Å². The zero-order valence-electron chi connectivity index (χ0n) is 12.0. The molecule has 0 aromatic heterocycles. The van der Waals surface area contributed by atoms with Crippen LogP contribution in [0.3, 0.4) is 0 Å². The molecule has 21 heavy (non-hydrogen) atoms.